The molecule has 0 aliphatic carbocycles. The number of nitrogens with two attached hydrogens (primary N) is 1. The number of benzene rings is 1. The van der Waals surface area contributed by atoms with Crippen LogP contribution in [0.3, 0.4) is 0 Å². The molecule has 0 saturated carbocycles. The molecule has 0 unspecified atom stereocenters. The van der Waals surface area contributed by atoms with Crippen LogP contribution in [0.2, 0.25) is 0 Å². The van der Waals surface area contributed by atoms with Crippen molar-refractivity contribution in [3.8, 4) is 0 Å². The SMILES string of the molecule is CCC(=O)Nc1cccc(C(=O)N(C)CC(C)(C)CN)c1.Cl. The maximum Gasteiger partial charge on any atom is 0.253 e. The summed E-state index contributed by atoms with van der Waals surface area (Å²) in [5.41, 5.74) is 6.77. The molecule has 22 heavy (non-hydrogen) atoms. The van der Waals surface area contributed by atoms with Crippen LogP contribution in [-0.4, -0.2) is 36.9 Å². The van der Waals surface area contributed by atoms with Crippen molar-refractivity contribution in [2.24, 2.45) is 11.1 Å². The Kier molecular flexibility index (Phi) is 8.12. The van der Waals surface area contributed by atoms with E-state index < -0.39 is 0 Å². The van der Waals surface area contributed by atoms with Crippen molar-refractivity contribution >= 4 is 29.9 Å². The molecular formula is C16H26ClN3O2. The molecule has 0 spiro atoms. The number of carbonyl (C=O) groups is 2. The Morgan fingerprint density at radius 3 is 2.50 bits per heavy atom. The fourth-order valence-corrected chi connectivity index (χ4v) is 1.98. The van der Waals surface area contributed by atoms with Crippen LogP contribution in [-0.2, 0) is 4.79 Å². The third-order valence-corrected chi connectivity index (χ3v) is 3.28. The van der Waals surface area contributed by atoms with Gasteiger partial charge >= 0.3 is 0 Å². The Morgan fingerprint density at radius 1 is 1.32 bits per heavy atom. The molecule has 1 aromatic carbocycles. The van der Waals surface area contributed by atoms with Gasteiger partial charge in [0.15, 0.2) is 0 Å². The molecule has 0 aliphatic heterocycles. The fraction of sp³-hybridized carbons (Fsp3) is 0.500. The Bertz CT molecular complexity index is 518. The lowest BCUT2D eigenvalue weighted by Crippen LogP contribution is -2.39. The highest BCUT2D eigenvalue weighted by molar-refractivity contribution is 5.97. The van der Waals surface area contributed by atoms with Crippen LogP contribution in [0.15, 0.2) is 24.3 Å². The molecular weight excluding hydrogens is 302 g/mol. The monoisotopic (exact) mass is 327 g/mol. The van der Waals surface area contributed by atoms with E-state index in [1.54, 1.807) is 43.1 Å². The van der Waals surface area contributed by atoms with E-state index in [4.69, 9.17) is 5.73 Å². The van der Waals surface area contributed by atoms with Gasteiger partial charge in [0.05, 0.1) is 0 Å². The summed E-state index contributed by atoms with van der Waals surface area (Å²) in [5.74, 6) is -0.152. The molecule has 1 rings (SSSR count). The van der Waals surface area contributed by atoms with E-state index in [-0.39, 0.29) is 29.6 Å². The maximum atomic E-state index is 12.4. The van der Waals surface area contributed by atoms with Crippen molar-refractivity contribution in [3.05, 3.63) is 29.8 Å². The van der Waals surface area contributed by atoms with Gasteiger partial charge < -0.3 is 16.0 Å². The molecule has 0 aromatic heterocycles. The number of hydrogen-bond donors (Lipinski definition) is 2. The second-order valence-corrected chi connectivity index (χ2v) is 6.01. The molecule has 124 valence electrons. The van der Waals surface area contributed by atoms with Crippen molar-refractivity contribution in [1.29, 1.82) is 0 Å². The minimum absolute atomic E-state index is 0. The normalized spacial score (nSPS) is 10.6. The van der Waals surface area contributed by atoms with E-state index in [1.807, 2.05) is 13.8 Å². The van der Waals surface area contributed by atoms with Crippen molar-refractivity contribution in [2.45, 2.75) is 27.2 Å². The predicted octanol–water partition coefficient (Wildman–Crippen LogP) is 2.51. The van der Waals surface area contributed by atoms with Gasteiger partial charge in [-0.25, -0.2) is 0 Å². The highest BCUT2D eigenvalue weighted by Crippen LogP contribution is 2.17. The fourth-order valence-electron chi connectivity index (χ4n) is 1.98. The number of carbonyl (C=O) groups excluding carboxylic acids is 2. The molecule has 5 nitrogen and oxygen atoms in total. The zero-order valence-corrected chi connectivity index (χ0v) is 14.5. The molecule has 0 radical (unpaired) electrons. The first-order valence-electron chi connectivity index (χ1n) is 7.14. The lowest BCUT2D eigenvalue weighted by molar-refractivity contribution is -0.115. The van der Waals surface area contributed by atoms with E-state index in [0.717, 1.165) is 0 Å². The van der Waals surface area contributed by atoms with Gasteiger partial charge in [-0.3, -0.25) is 9.59 Å². The summed E-state index contributed by atoms with van der Waals surface area (Å²) in [7, 11) is 1.76. The smallest absolute Gasteiger partial charge is 0.253 e. The lowest BCUT2D eigenvalue weighted by atomic mass is 9.93. The Morgan fingerprint density at radius 2 is 1.95 bits per heavy atom. The summed E-state index contributed by atoms with van der Waals surface area (Å²) in [5, 5.41) is 2.76. The van der Waals surface area contributed by atoms with Gasteiger partial charge in [0.2, 0.25) is 5.91 Å². The summed E-state index contributed by atoms with van der Waals surface area (Å²) in [4.78, 5) is 25.5. The molecule has 0 heterocycles. The average Bonchev–Trinajstić information content (AvgIpc) is 2.46. The molecule has 0 fully saturated rings. The summed E-state index contributed by atoms with van der Waals surface area (Å²) < 4.78 is 0. The van der Waals surface area contributed by atoms with E-state index in [1.165, 1.54) is 0 Å². The van der Waals surface area contributed by atoms with Gasteiger partial charge in [0.1, 0.15) is 0 Å². The topological polar surface area (TPSA) is 75.4 Å². The molecule has 0 saturated heterocycles. The summed E-state index contributed by atoms with van der Waals surface area (Å²) in [6.07, 6.45) is 0.406. The second-order valence-electron chi connectivity index (χ2n) is 6.01. The molecule has 6 heteroatoms. The molecule has 0 aliphatic rings. The van der Waals surface area contributed by atoms with Crippen LogP contribution < -0.4 is 11.1 Å². The second kappa shape index (κ2) is 8.76. The molecule has 0 atom stereocenters. The van der Waals surface area contributed by atoms with Gasteiger partial charge in [-0.15, -0.1) is 12.4 Å². The first-order valence-corrected chi connectivity index (χ1v) is 7.14. The minimum Gasteiger partial charge on any atom is -0.341 e. The summed E-state index contributed by atoms with van der Waals surface area (Å²) >= 11 is 0. The number of hydrogen-bond acceptors (Lipinski definition) is 3. The largest absolute Gasteiger partial charge is 0.341 e. The third kappa shape index (κ3) is 6.03. The number of nitrogens with one attached hydrogen (secondary N) is 1. The van der Waals surface area contributed by atoms with Crippen LogP contribution in [0.5, 0.6) is 0 Å². The van der Waals surface area contributed by atoms with E-state index in [2.05, 4.69) is 5.32 Å². The first kappa shape index (κ1) is 20.4. The zero-order valence-electron chi connectivity index (χ0n) is 13.7. The minimum atomic E-state index is -0.127. The average molecular weight is 328 g/mol. The predicted molar refractivity (Wildman–Crippen MR) is 92.4 cm³/mol. The number of nitrogens with zero attached hydrogens (tertiary/aromatic N) is 1. The zero-order chi connectivity index (χ0) is 16.0. The van der Waals surface area contributed by atoms with Crippen LogP contribution in [0.25, 0.3) is 0 Å². The van der Waals surface area contributed by atoms with Gasteiger partial charge in [0, 0.05) is 31.3 Å². The highest BCUT2D eigenvalue weighted by Gasteiger charge is 2.22. The maximum absolute atomic E-state index is 12.4. The van der Waals surface area contributed by atoms with Gasteiger partial charge in [-0.1, -0.05) is 26.8 Å². The van der Waals surface area contributed by atoms with Crippen molar-refractivity contribution in [2.75, 3.05) is 25.5 Å². The lowest BCUT2D eigenvalue weighted by Gasteiger charge is -2.29. The standard InChI is InChI=1S/C16H25N3O2.ClH/c1-5-14(20)18-13-8-6-7-12(9-13)15(21)19(4)11-16(2,3)10-17;/h6-9H,5,10-11,17H2,1-4H3,(H,18,20);1H. The van der Waals surface area contributed by atoms with Crippen molar-refractivity contribution < 1.29 is 9.59 Å². The number of rotatable bonds is 6. The first-order chi connectivity index (χ1) is 9.79. The van der Waals surface area contributed by atoms with Crippen molar-refractivity contribution in [1.82, 2.24) is 4.90 Å². The van der Waals surface area contributed by atoms with Crippen LogP contribution in [0, 0.1) is 5.41 Å². The van der Waals surface area contributed by atoms with E-state index >= 15 is 0 Å². The van der Waals surface area contributed by atoms with Crippen molar-refractivity contribution in [3.63, 3.8) is 0 Å². The molecule has 1 aromatic rings. The highest BCUT2D eigenvalue weighted by atomic mass is 35.5. The quantitative estimate of drug-likeness (QED) is 0.843. The van der Waals surface area contributed by atoms with E-state index in [9.17, 15) is 9.59 Å². The number of amides is 2. The number of halogens is 1. The van der Waals surface area contributed by atoms with Crippen LogP contribution >= 0.6 is 12.4 Å². The van der Waals surface area contributed by atoms with Crippen LogP contribution in [0.4, 0.5) is 5.69 Å². The Balaban J connectivity index is 0.00000441. The van der Waals surface area contributed by atoms with Gasteiger partial charge in [-0.2, -0.15) is 0 Å². The number of anilines is 1. The summed E-state index contributed by atoms with van der Waals surface area (Å²) in [6.45, 7) is 6.92. The molecule has 0 bridgehead atoms. The Hall–Kier alpha value is -1.59. The van der Waals surface area contributed by atoms with Gasteiger partial charge in [-0.05, 0) is 30.2 Å². The Labute approximate surface area is 138 Å². The van der Waals surface area contributed by atoms with E-state index in [0.29, 0.717) is 30.8 Å². The third-order valence-electron chi connectivity index (χ3n) is 3.28. The van der Waals surface area contributed by atoms with Gasteiger partial charge in [0.25, 0.3) is 5.91 Å². The molecule has 3 N–H and O–H groups in total. The molecule has 2 amide bonds. The summed E-state index contributed by atoms with van der Waals surface area (Å²) in [6, 6.07) is 6.98. The van der Waals surface area contributed by atoms with Crippen LogP contribution in [0.1, 0.15) is 37.6 Å².